The number of aromatic nitrogens is 1. The maximum Gasteiger partial charge on any atom is 0.274 e. The summed E-state index contributed by atoms with van der Waals surface area (Å²) >= 11 is 3.42. The first-order valence-electron chi connectivity index (χ1n) is 5.56. The molecule has 4 heteroatoms. The van der Waals surface area contributed by atoms with Crippen LogP contribution in [0.25, 0.3) is 5.57 Å². The SMILES string of the molecule is O=C1N=c2ccc(Br)cc2=C1Cc1ccccn1. The molecule has 0 atom stereocenters. The van der Waals surface area contributed by atoms with Crippen molar-refractivity contribution in [1.29, 1.82) is 0 Å². The molecule has 0 radical (unpaired) electrons. The average molecular weight is 301 g/mol. The molecule has 1 aromatic heterocycles. The van der Waals surface area contributed by atoms with E-state index in [9.17, 15) is 4.79 Å². The molecule has 0 spiro atoms. The van der Waals surface area contributed by atoms with Crippen LogP contribution in [0.15, 0.2) is 52.1 Å². The summed E-state index contributed by atoms with van der Waals surface area (Å²) in [4.78, 5) is 20.2. The van der Waals surface area contributed by atoms with Crippen LogP contribution >= 0.6 is 15.9 Å². The van der Waals surface area contributed by atoms with Crippen LogP contribution in [-0.2, 0) is 11.2 Å². The molecule has 0 saturated carbocycles. The molecule has 1 aliphatic heterocycles. The number of rotatable bonds is 2. The monoisotopic (exact) mass is 300 g/mol. The summed E-state index contributed by atoms with van der Waals surface area (Å²) < 4.78 is 0.949. The van der Waals surface area contributed by atoms with Gasteiger partial charge in [-0.25, -0.2) is 4.99 Å². The number of pyridine rings is 1. The zero-order chi connectivity index (χ0) is 12.5. The molecule has 3 rings (SSSR count). The largest absolute Gasteiger partial charge is 0.274 e. The van der Waals surface area contributed by atoms with Gasteiger partial charge in [-0.3, -0.25) is 9.78 Å². The third-order valence-corrected chi connectivity index (χ3v) is 3.34. The molecule has 0 N–H and O–H groups in total. The Balaban J connectivity index is 2.14. The molecule has 0 saturated heterocycles. The van der Waals surface area contributed by atoms with E-state index in [0.29, 0.717) is 12.0 Å². The van der Waals surface area contributed by atoms with Crippen molar-refractivity contribution in [3.63, 3.8) is 0 Å². The molecule has 0 unspecified atom stereocenters. The topological polar surface area (TPSA) is 42.3 Å². The van der Waals surface area contributed by atoms with E-state index < -0.39 is 0 Å². The molecule has 1 aromatic carbocycles. The van der Waals surface area contributed by atoms with Gasteiger partial charge in [0.05, 0.1) is 5.36 Å². The Kier molecular flexibility index (Phi) is 2.80. The first-order valence-corrected chi connectivity index (χ1v) is 6.35. The summed E-state index contributed by atoms with van der Waals surface area (Å²) in [5, 5.41) is 1.65. The second-order valence-electron chi connectivity index (χ2n) is 4.05. The molecule has 0 aliphatic carbocycles. The van der Waals surface area contributed by atoms with Crippen LogP contribution in [-0.4, -0.2) is 10.9 Å². The van der Waals surface area contributed by atoms with Gasteiger partial charge in [-0.2, -0.15) is 0 Å². The van der Waals surface area contributed by atoms with Crippen molar-refractivity contribution in [3.8, 4) is 0 Å². The van der Waals surface area contributed by atoms with Gasteiger partial charge in [0.1, 0.15) is 0 Å². The normalized spacial score (nSPS) is 13.4. The highest BCUT2D eigenvalue weighted by molar-refractivity contribution is 9.10. The van der Waals surface area contributed by atoms with Crippen LogP contribution in [0.4, 0.5) is 0 Å². The smallest absolute Gasteiger partial charge is 0.267 e. The minimum atomic E-state index is -0.159. The minimum Gasteiger partial charge on any atom is -0.267 e. The quantitative estimate of drug-likeness (QED) is 0.841. The number of carbonyl (C=O) groups excluding carboxylic acids is 1. The number of halogens is 1. The first kappa shape index (κ1) is 11.3. The maximum absolute atomic E-state index is 11.9. The molecule has 1 amide bonds. The summed E-state index contributed by atoms with van der Waals surface area (Å²) in [5.74, 6) is -0.159. The molecule has 2 heterocycles. The van der Waals surface area contributed by atoms with E-state index in [1.807, 2.05) is 36.4 Å². The van der Waals surface area contributed by atoms with E-state index in [4.69, 9.17) is 0 Å². The van der Waals surface area contributed by atoms with Crippen LogP contribution < -0.4 is 10.6 Å². The minimum absolute atomic E-state index is 0.159. The molecule has 1 aliphatic rings. The van der Waals surface area contributed by atoms with Crippen molar-refractivity contribution in [2.75, 3.05) is 0 Å². The Hall–Kier alpha value is -1.81. The van der Waals surface area contributed by atoms with E-state index in [1.54, 1.807) is 6.20 Å². The predicted octanol–water partition coefficient (Wildman–Crippen LogP) is 1.40. The predicted molar refractivity (Wildman–Crippen MR) is 71.3 cm³/mol. The van der Waals surface area contributed by atoms with Crippen LogP contribution in [0.3, 0.4) is 0 Å². The summed E-state index contributed by atoms with van der Waals surface area (Å²) in [6.07, 6.45) is 2.25. The van der Waals surface area contributed by atoms with Crippen molar-refractivity contribution in [2.45, 2.75) is 6.42 Å². The van der Waals surface area contributed by atoms with E-state index in [0.717, 1.165) is 20.7 Å². The molecule has 0 bridgehead atoms. The second-order valence-corrected chi connectivity index (χ2v) is 4.97. The molecule has 2 aromatic rings. The number of hydrogen-bond acceptors (Lipinski definition) is 2. The van der Waals surface area contributed by atoms with Crippen LogP contribution in [0.1, 0.15) is 5.69 Å². The second kappa shape index (κ2) is 4.46. The zero-order valence-corrected chi connectivity index (χ0v) is 11.0. The van der Waals surface area contributed by atoms with E-state index in [2.05, 4.69) is 25.9 Å². The molecule has 0 fully saturated rings. The summed E-state index contributed by atoms with van der Waals surface area (Å²) in [5.41, 5.74) is 1.59. The molecule has 88 valence electrons. The number of hydrogen-bond donors (Lipinski definition) is 0. The standard InChI is InChI=1S/C14H9BrN2O/c15-9-4-5-13-11(7-9)12(14(18)17-13)8-10-3-1-2-6-16-10/h1-7H,8H2. The Morgan fingerprint density at radius 2 is 2.06 bits per heavy atom. The van der Waals surface area contributed by atoms with Crippen LogP contribution in [0.5, 0.6) is 0 Å². The van der Waals surface area contributed by atoms with E-state index >= 15 is 0 Å². The highest BCUT2D eigenvalue weighted by Gasteiger charge is 2.17. The third-order valence-electron chi connectivity index (χ3n) is 2.85. The fraction of sp³-hybridized carbons (Fsp3) is 0.0714. The van der Waals surface area contributed by atoms with E-state index in [-0.39, 0.29) is 5.91 Å². The Morgan fingerprint density at radius 1 is 1.17 bits per heavy atom. The molecule has 3 nitrogen and oxygen atoms in total. The van der Waals surface area contributed by atoms with Gasteiger partial charge in [-0.15, -0.1) is 0 Å². The molecular formula is C14H9BrN2O. The summed E-state index contributed by atoms with van der Waals surface area (Å²) in [7, 11) is 0. The fourth-order valence-corrected chi connectivity index (χ4v) is 2.36. The van der Waals surface area contributed by atoms with Gasteiger partial charge in [-0.05, 0) is 30.3 Å². The zero-order valence-electron chi connectivity index (χ0n) is 9.43. The lowest BCUT2D eigenvalue weighted by Gasteiger charge is -1.99. The lowest BCUT2D eigenvalue weighted by molar-refractivity contribution is -0.112. The molecule has 18 heavy (non-hydrogen) atoms. The summed E-state index contributed by atoms with van der Waals surface area (Å²) in [6, 6.07) is 11.4. The number of nitrogens with zero attached hydrogens (tertiary/aromatic N) is 2. The highest BCUT2D eigenvalue weighted by Crippen LogP contribution is 2.10. The van der Waals surface area contributed by atoms with Gasteiger partial charge in [0.25, 0.3) is 5.91 Å². The van der Waals surface area contributed by atoms with Gasteiger partial charge in [0.15, 0.2) is 0 Å². The van der Waals surface area contributed by atoms with Gasteiger partial charge < -0.3 is 0 Å². The third kappa shape index (κ3) is 1.99. The van der Waals surface area contributed by atoms with Crippen molar-refractivity contribution >= 4 is 27.4 Å². The van der Waals surface area contributed by atoms with Crippen molar-refractivity contribution < 1.29 is 4.79 Å². The Morgan fingerprint density at radius 3 is 2.83 bits per heavy atom. The van der Waals surface area contributed by atoms with Gasteiger partial charge >= 0.3 is 0 Å². The molecular weight excluding hydrogens is 292 g/mol. The maximum atomic E-state index is 11.9. The fourth-order valence-electron chi connectivity index (χ4n) is 1.99. The number of fused-ring (bicyclic) bond motifs is 1. The van der Waals surface area contributed by atoms with Gasteiger partial charge in [0.2, 0.25) is 0 Å². The highest BCUT2D eigenvalue weighted by atomic mass is 79.9. The Bertz CT molecular complexity index is 738. The average Bonchev–Trinajstić information content (AvgIpc) is 2.67. The van der Waals surface area contributed by atoms with Crippen molar-refractivity contribution in [1.82, 2.24) is 4.98 Å². The van der Waals surface area contributed by atoms with Gasteiger partial charge in [0, 0.05) is 33.6 Å². The van der Waals surface area contributed by atoms with Crippen LogP contribution in [0.2, 0.25) is 0 Å². The number of carbonyl (C=O) groups is 1. The lowest BCUT2D eigenvalue weighted by Crippen LogP contribution is -2.23. The van der Waals surface area contributed by atoms with Crippen molar-refractivity contribution in [2.24, 2.45) is 4.99 Å². The Labute approximate surface area is 112 Å². The van der Waals surface area contributed by atoms with Gasteiger partial charge in [-0.1, -0.05) is 22.0 Å². The number of amides is 1. The number of benzene rings is 1. The lowest BCUT2D eigenvalue weighted by atomic mass is 10.1. The summed E-state index contributed by atoms with van der Waals surface area (Å²) in [6.45, 7) is 0. The van der Waals surface area contributed by atoms with E-state index in [1.165, 1.54) is 0 Å². The van der Waals surface area contributed by atoms with Crippen molar-refractivity contribution in [3.05, 3.63) is 63.3 Å². The van der Waals surface area contributed by atoms with Crippen LogP contribution in [0, 0.1) is 0 Å². The first-order chi connectivity index (χ1) is 8.74.